The van der Waals surface area contributed by atoms with Crippen LogP contribution in [0.4, 0.5) is 4.79 Å². The maximum absolute atomic E-state index is 11.8. The molecule has 0 aromatic carbocycles. The molecule has 1 aliphatic heterocycles. The summed E-state index contributed by atoms with van der Waals surface area (Å²) in [5.41, 5.74) is 5.72. The number of carboxylic acid groups (broad SMARTS) is 1. The molecule has 17 heavy (non-hydrogen) atoms. The van der Waals surface area contributed by atoms with Crippen LogP contribution in [0, 0.1) is 0 Å². The number of urea groups is 1. The number of aliphatic carboxylic acids is 1. The summed E-state index contributed by atoms with van der Waals surface area (Å²) in [6.07, 6.45) is 2.31. The van der Waals surface area contributed by atoms with E-state index >= 15 is 0 Å². The topological polar surface area (TPSA) is 95.7 Å². The lowest BCUT2D eigenvalue weighted by Crippen LogP contribution is -2.45. The Kier molecular flexibility index (Phi) is 5.21. The Morgan fingerprint density at radius 3 is 2.76 bits per heavy atom. The van der Waals surface area contributed by atoms with Gasteiger partial charge in [0.15, 0.2) is 0 Å². The highest BCUT2D eigenvalue weighted by Gasteiger charge is 2.25. The van der Waals surface area contributed by atoms with Crippen molar-refractivity contribution >= 4 is 12.0 Å². The maximum Gasteiger partial charge on any atom is 0.317 e. The number of rotatable bonds is 5. The third-order valence-electron chi connectivity index (χ3n) is 2.90. The van der Waals surface area contributed by atoms with Gasteiger partial charge in [-0.1, -0.05) is 13.3 Å². The normalized spacial score (nSPS) is 21.3. The summed E-state index contributed by atoms with van der Waals surface area (Å²) in [4.78, 5) is 24.1. The monoisotopic (exact) mass is 243 g/mol. The third kappa shape index (κ3) is 4.60. The zero-order valence-electron chi connectivity index (χ0n) is 10.2. The molecule has 2 atom stereocenters. The van der Waals surface area contributed by atoms with Gasteiger partial charge in [0.05, 0.1) is 6.42 Å². The summed E-state index contributed by atoms with van der Waals surface area (Å²) in [5.74, 6) is -0.887. The Bertz CT molecular complexity index is 283. The van der Waals surface area contributed by atoms with E-state index in [9.17, 15) is 9.59 Å². The second-order valence-electron chi connectivity index (χ2n) is 4.53. The van der Waals surface area contributed by atoms with E-state index in [0.717, 1.165) is 12.8 Å². The molecule has 1 aliphatic rings. The van der Waals surface area contributed by atoms with Crippen molar-refractivity contribution in [3.05, 3.63) is 0 Å². The minimum Gasteiger partial charge on any atom is -0.481 e. The van der Waals surface area contributed by atoms with Crippen molar-refractivity contribution in [3.8, 4) is 0 Å². The Labute approximate surface area is 101 Å². The Morgan fingerprint density at radius 1 is 1.59 bits per heavy atom. The number of carbonyl (C=O) groups is 2. The molecule has 0 radical (unpaired) electrons. The lowest BCUT2D eigenvalue weighted by molar-refractivity contribution is -0.137. The van der Waals surface area contributed by atoms with Gasteiger partial charge in [-0.2, -0.15) is 0 Å². The number of likely N-dealkylation sites (tertiary alicyclic amines) is 1. The number of nitrogens with two attached hydrogens (primary N) is 1. The molecule has 0 saturated carbocycles. The summed E-state index contributed by atoms with van der Waals surface area (Å²) < 4.78 is 0. The molecule has 1 rings (SSSR count). The fourth-order valence-electron chi connectivity index (χ4n) is 2.02. The van der Waals surface area contributed by atoms with E-state index in [1.165, 1.54) is 0 Å². The van der Waals surface area contributed by atoms with E-state index in [-0.39, 0.29) is 24.5 Å². The molecule has 6 nitrogen and oxygen atoms in total. The molecule has 0 aliphatic carbocycles. The molecule has 1 saturated heterocycles. The van der Waals surface area contributed by atoms with Crippen LogP contribution in [-0.4, -0.2) is 47.2 Å². The molecule has 0 bridgehead atoms. The molecule has 98 valence electrons. The molecule has 1 heterocycles. The number of carbonyl (C=O) groups excluding carboxylic acids is 1. The molecule has 0 spiro atoms. The van der Waals surface area contributed by atoms with E-state index in [1.807, 2.05) is 6.92 Å². The van der Waals surface area contributed by atoms with Crippen LogP contribution in [0.15, 0.2) is 0 Å². The number of nitrogens with one attached hydrogen (secondary N) is 1. The van der Waals surface area contributed by atoms with Crippen LogP contribution in [-0.2, 0) is 4.79 Å². The van der Waals surface area contributed by atoms with E-state index < -0.39 is 5.97 Å². The van der Waals surface area contributed by atoms with Crippen LogP contribution in [0.3, 0.4) is 0 Å². The summed E-state index contributed by atoms with van der Waals surface area (Å²) in [6.45, 7) is 3.17. The van der Waals surface area contributed by atoms with Crippen LogP contribution in [0.5, 0.6) is 0 Å². The minimum absolute atomic E-state index is 0.0283. The van der Waals surface area contributed by atoms with Crippen molar-refractivity contribution < 1.29 is 14.7 Å². The van der Waals surface area contributed by atoms with Gasteiger partial charge in [-0.3, -0.25) is 4.79 Å². The van der Waals surface area contributed by atoms with Crippen LogP contribution in [0.1, 0.15) is 32.6 Å². The van der Waals surface area contributed by atoms with Crippen molar-refractivity contribution in [2.45, 2.75) is 44.7 Å². The predicted molar refractivity (Wildman–Crippen MR) is 63.6 cm³/mol. The summed E-state index contributed by atoms with van der Waals surface area (Å²) in [7, 11) is 0. The van der Waals surface area contributed by atoms with Crippen LogP contribution in [0.2, 0.25) is 0 Å². The summed E-state index contributed by atoms with van der Waals surface area (Å²) >= 11 is 0. The molecular weight excluding hydrogens is 222 g/mol. The van der Waals surface area contributed by atoms with E-state index in [1.54, 1.807) is 4.90 Å². The van der Waals surface area contributed by atoms with Crippen molar-refractivity contribution in [1.82, 2.24) is 10.2 Å². The second kappa shape index (κ2) is 6.44. The van der Waals surface area contributed by atoms with Gasteiger partial charge in [-0.05, 0) is 12.8 Å². The fourth-order valence-corrected chi connectivity index (χ4v) is 2.02. The van der Waals surface area contributed by atoms with Gasteiger partial charge in [0.2, 0.25) is 0 Å². The number of hydrogen-bond donors (Lipinski definition) is 3. The molecular formula is C11H21N3O3. The van der Waals surface area contributed by atoms with E-state index in [4.69, 9.17) is 10.8 Å². The fraction of sp³-hybridized carbons (Fsp3) is 0.818. The third-order valence-corrected chi connectivity index (χ3v) is 2.90. The average Bonchev–Trinajstić information content (AvgIpc) is 2.64. The van der Waals surface area contributed by atoms with Crippen LogP contribution in [0.25, 0.3) is 0 Å². The van der Waals surface area contributed by atoms with Gasteiger partial charge < -0.3 is 21.1 Å². The van der Waals surface area contributed by atoms with Gasteiger partial charge in [0, 0.05) is 25.2 Å². The second-order valence-corrected chi connectivity index (χ2v) is 4.53. The number of amides is 2. The first kappa shape index (κ1) is 13.8. The van der Waals surface area contributed by atoms with Crippen molar-refractivity contribution in [1.29, 1.82) is 0 Å². The molecule has 4 N–H and O–H groups in total. The smallest absolute Gasteiger partial charge is 0.317 e. The number of nitrogens with zero attached hydrogens (tertiary/aromatic N) is 1. The van der Waals surface area contributed by atoms with E-state index in [0.29, 0.717) is 19.5 Å². The van der Waals surface area contributed by atoms with E-state index in [2.05, 4.69) is 5.32 Å². The van der Waals surface area contributed by atoms with Crippen LogP contribution < -0.4 is 11.1 Å². The zero-order chi connectivity index (χ0) is 12.8. The first-order valence-electron chi connectivity index (χ1n) is 6.05. The molecule has 2 amide bonds. The lowest BCUT2D eigenvalue weighted by atomic mass is 10.1. The highest BCUT2D eigenvalue weighted by atomic mass is 16.4. The zero-order valence-corrected chi connectivity index (χ0v) is 10.2. The van der Waals surface area contributed by atoms with Crippen molar-refractivity contribution in [2.24, 2.45) is 5.73 Å². The average molecular weight is 243 g/mol. The number of carboxylic acids is 1. The van der Waals surface area contributed by atoms with Crippen LogP contribution >= 0.6 is 0 Å². The molecule has 0 aromatic heterocycles. The lowest BCUT2D eigenvalue weighted by Gasteiger charge is -2.22. The summed E-state index contributed by atoms with van der Waals surface area (Å²) in [6, 6.07) is -0.440. The number of hydrogen-bond acceptors (Lipinski definition) is 3. The maximum atomic E-state index is 11.8. The predicted octanol–water partition coefficient (Wildman–Crippen LogP) is 0.372. The van der Waals surface area contributed by atoms with Gasteiger partial charge in [-0.25, -0.2) is 4.79 Å². The van der Waals surface area contributed by atoms with Gasteiger partial charge in [-0.15, -0.1) is 0 Å². The SMILES string of the molecule is CCCC(CC(=O)O)NC(=O)N1CCC(N)C1. The standard InChI is InChI=1S/C11H21N3O3/c1-2-3-9(6-10(15)16)13-11(17)14-5-4-8(12)7-14/h8-9H,2-7,12H2,1H3,(H,13,17)(H,15,16). The molecule has 0 aromatic rings. The Balaban J connectivity index is 2.42. The highest BCUT2D eigenvalue weighted by Crippen LogP contribution is 2.09. The molecule has 6 heteroatoms. The van der Waals surface area contributed by atoms with Gasteiger partial charge >= 0.3 is 12.0 Å². The minimum atomic E-state index is -0.887. The highest BCUT2D eigenvalue weighted by molar-refractivity contribution is 5.76. The molecule has 2 unspecified atom stereocenters. The Morgan fingerprint density at radius 2 is 2.29 bits per heavy atom. The summed E-state index contributed by atoms with van der Waals surface area (Å²) in [5, 5.41) is 11.5. The molecule has 1 fully saturated rings. The van der Waals surface area contributed by atoms with Gasteiger partial charge in [0.1, 0.15) is 0 Å². The quantitative estimate of drug-likeness (QED) is 0.650. The van der Waals surface area contributed by atoms with Crippen molar-refractivity contribution in [2.75, 3.05) is 13.1 Å². The first-order chi connectivity index (χ1) is 8.02. The van der Waals surface area contributed by atoms with Gasteiger partial charge in [0.25, 0.3) is 0 Å². The van der Waals surface area contributed by atoms with Crippen molar-refractivity contribution in [3.63, 3.8) is 0 Å². The Hall–Kier alpha value is -1.30. The first-order valence-corrected chi connectivity index (χ1v) is 6.05. The largest absolute Gasteiger partial charge is 0.481 e.